The first-order chi connectivity index (χ1) is 17.9. The molecule has 1 aromatic heterocycles. The van der Waals surface area contributed by atoms with Crippen molar-refractivity contribution in [2.75, 3.05) is 31.1 Å². The second-order valence-corrected chi connectivity index (χ2v) is 9.25. The van der Waals surface area contributed by atoms with Crippen molar-refractivity contribution in [2.24, 2.45) is 5.73 Å². The third-order valence-corrected chi connectivity index (χ3v) is 6.97. The van der Waals surface area contributed by atoms with Gasteiger partial charge in [0, 0.05) is 61.8 Å². The molecular formula is C29H34FN5O2. The van der Waals surface area contributed by atoms with Crippen molar-refractivity contribution in [1.29, 1.82) is 0 Å². The van der Waals surface area contributed by atoms with Crippen molar-refractivity contribution in [2.45, 2.75) is 39.3 Å². The molecule has 1 fully saturated rings. The first kappa shape index (κ1) is 26.3. The summed E-state index contributed by atoms with van der Waals surface area (Å²) in [5.74, 6) is -1.07. The average molecular weight is 504 g/mol. The molecule has 0 spiro atoms. The SMILES string of the molecule is CCN(CC)C(=O)c1ccc(N(c2cc(C(N)=O)ccc2F)C2CCN(Cc3ccccn3)CC2)cc1. The Balaban J connectivity index is 1.62. The van der Waals surface area contributed by atoms with Gasteiger partial charge in [-0.2, -0.15) is 0 Å². The number of pyridine rings is 1. The number of likely N-dealkylation sites (tertiary alicyclic amines) is 1. The molecule has 0 saturated carbocycles. The predicted molar refractivity (Wildman–Crippen MR) is 143 cm³/mol. The summed E-state index contributed by atoms with van der Waals surface area (Å²) >= 11 is 0. The number of hydrogen-bond donors (Lipinski definition) is 1. The van der Waals surface area contributed by atoms with Crippen LogP contribution in [-0.4, -0.2) is 58.8 Å². The van der Waals surface area contributed by atoms with Gasteiger partial charge in [-0.3, -0.25) is 19.5 Å². The second-order valence-electron chi connectivity index (χ2n) is 9.25. The van der Waals surface area contributed by atoms with Crippen LogP contribution >= 0.6 is 0 Å². The molecule has 4 rings (SSSR count). The normalized spacial score (nSPS) is 14.4. The fourth-order valence-corrected chi connectivity index (χ4v) is 4.91. The van der Waals surface area contributed by atoms with Gasteiger partial charge in [0.15, 0.2) is 0 Å². The number of hydrogen-bond acceptors (Lipinski definition) is 5. The summed E-state index contributed by atoms with van der Waals surface area (Å²) in [4.78, 5) is 35.2. The van der Waals surface area contributed by atoms with Gasteiger partial charge in [-0.25, -0.2) is 4.39 Å². The highest BCUT2D eigenvalue weighted by atomic mass is 19.1. The number of amides is 2. The fourth-order valence-electron chi connectivity index (χ4n) is 4.91. The van der Waals surface area contributed by atoms with Gasteiger partial charge in [0.05, 0.1) is 11.4 Å². The van der Waals surface area contributed by atoms with Gasteiger partial charge in [0.25, 0.3) is 5.91 Å². The van der Waals surface area contributed by atoms with Crippen molar-refractivity contribution in [1.82, 2.24) is 14.8 Å². The van der Waals surface area contributed by atoms with Crippen molar-refractivity contribution >= 4 is 23.2 Å². The number of halogens is 1. The lowest BCUT2D eigenvalue weighted by Crippen LogP contribution is -2.43. The molecule has 0 aliphatic carbocycles. The number of benzene rings is 2. The molecule has 194 valence electrons. The van der Waals surface area contributed by atoms with Crippen LogP contribution in [-0.2, 0) is 6.54 Å². The molecule has 37 heavy (non-hydrogen) atoms. The molecule has 0 atom stereocenters. The lowest BCUT2D eigenvalue weighted by Gasteiger charge is -2.40. The molecule has 8 heteroatoms. The highest BCUT2D eigenvalue weighted by Crippen LogP contribution is 2.35. The highest BCUT2D eigenvalue weighted by molar-refractivity contribution is 5.95. The minimum Gasteiger partial charge on any atom is -0.366 e. The molecule has 7 nitrogen and oxygen atoms in total. The first-order valence-electron chi connectivity index (χ1n) is 12.8. The molecular weight excluding hydrogens is 469 g/mol. The van der Waals surface area contributed by atoms with Crippen LogP contribution in [0.4, 0.5) is 15.8 Å². The van der Waals surface area contributed by atoms with E-state index in [-0.39, 0.29) is 17.5 Å². The molecule has 2 heterocycles. The Bertz CT molecular complexity index is 1210. The molecule has 3 aromatic rings. The van der Waals surface area contributed by atoms with Gasteiger partial charge in [0.1, 0.15) is 5.82 Å². The van der Waals surface area contributed by atoms with E-state index < -0.39 is 11.7 Å². The first-order valence-corrected chi connectivity index (χ1v) is 12.8. The third kappa shape index (κ3) is 6.14. The number of nitrogens with zero attached hydrogens (tertiary/aromatic N) is 4. The highest BCUT2D eigenvalue weighted by Gasteiger charge is 2.29. The lowest BCUT2D eigenvalue weighted by molar-refractivity contribution is 0.0772. The van der Waals surface area contributed by atoms with Crippen LogP contribution in [0.25, 0.3) is 0 Å². The molecule has 2 aromatic carbocycles. The molecule has 0 unspecified atom stereocenters. The number of nitrogens with two attached hydrogens (primary N) is 1. The van der Waals surface area contributed by atoms with Crippen LogP contribution in [0.2, 0.25) is 0 Å². The van der Waals surface area contributed by atoms with Gasteiger partial charge in [-0.05, 0) is 81.3 Å². The van der Waals surface area contributed by atoms with Crippen molar-refractivity contribution < 1.29 is 14.0 Å². The summed E-state index contributed by atoms with van der Waals surface area (Å²) in [6.07, 6.45) is 3.40. The van der Waals surface area contributed by atoms with E-state index in [1.807, 2.05) is 49.1 Å². The van der Waals surface area contributed by atoms with E-state index in [1.165, 1.54) is 18.2 Å². The van der Waals surface area contributed by atoms with Crippen molar-refractivity contribution in [3.8, 4) is 0 Å². The number of piperidine rings is 1. The van der Waals surface area contributed by atoms with E-state index in [9.17, 15) is 9.59 Å². The Morgan fingerprint density at radius 1 is 1.00 bits per heavy atom. The number of anilines is 2. The summed E-state index contributed by atoms with van der Waals surface area (Å²) in [5, 5.41) is 0. The number of rotatable bonds is 9. The van der Waals surface area contributed by atoms with Gasteiger partial charge >= 0.3 is 0 Å². The summed E-state index contributed by atoms with van der Waals surface area (Å²) in [7, 11) is 0. The number of aromatic nitrogens is 1. The maximum absolute atomic E-state index is 15.2. The van der Waals surface area contributed by atoms with E-state index in [4.69, 9.17) is 5.73 Å². The molecule has 1 aliphatic heterocycles. The molecule has 2 N–H and O–H groups in total. The Kier molecular flexibility index (Phi) is 8.50. The number of primary amides is 1. The standard InChI is InChI=1S/C29H34FN5O2/c1-3-34(4-2)29(37)21-8-11-24(12-9-21)35(27-19-22(28(31)36)10-13-26(27)30)25-14-17-33(18-15-25)20-23-7-5-6-16-32-23/h5-13,16,19,25H,3-4,14-15,17-18,20H2,1-2H3,(H2,31,36). The third-order valence-electron chi connectivity index (χ3n) is 6.97. The zero-order valence-electron chi connectivity index (χ0n) is 21.4. The van der Waals surface area contributed by atoms with Crippen LogP contribution in [0.1, 0.15) is 53.1 Å². The number of carbonyl (C=O) groups excluding carboxylic acids is 2. The van der Waals surface area contributed by atoms with E-state index in [1.54, 1.807) is 23.2 Å². The maximum atomic E-state index is 15.2. The van der Waals surface area contributed by atoms with Gasteiger partial charge in [-0.15, -0.1) is 0 Å². The monoisotopic (exact) mass is 503 g/mol. The van der Waals surface area contributed by atoms with Crippen LogP contribution in [0.5, 0.6) is 0 Å². The zero-order chi connectivity index (χ0) is 26.4. The summed E-state index contributed by atoms with van der Waals surface area (Å²) in [6, 6.07) is 17.4. The van der Waals surface area contributed by atoms with Gasteiger partial charge < -0.3 is 15.5 Å². The van der Waals surface area contributed by atoms with Crippen LogP contribution < -0.4 is 10.6 Å². The van der Waals surface area contributed by atoms with Crippen LogP contribution in [0.3, 0.4) is 0 Å². The van der Waals surface area contributed by atoms with Crippen molar-refractivity contribution in [3.63, 3.8) is 0 Å². The minimum atomic E-state index is -0.605. The zero-order valence-corrected chi connectivity index (χ0v) is 21.4. The van der Waals surface area contributed by atoms with Crippen LogP contribution in [0, 0.1) is 5.82 Å². The largest absolute Gasteiger partial charge is 0.366 e. The predicted octanol–water partition coefficient (Wildman–Crippen LogP) is 4.60. The Morgan fingerprint density at radius 3 is 2.27 bits per heavy atom. The topological polar surface area (TPSA) is 82.8 Å². The molecule has 1 saturated heterocycles. The second kappa shape index (κ2) is 12.0. The Morgan fingerprint density at radius 2 is 1.68 bits per heavy atom. The van der Waals surface area contributed by atoms with Gasteiger partial charge in [-0.1, -0.05) is 6.07 Å². The minimum absolute atomic E-state index is 0.00180. The molecule has 2 amide bonds. The fraction of sp³-hybridized carbons (Fsp3) is 0.345. The lowest BCUT2D eigenvalue weighted by atomic mass is 9.99. The smallest absolute Gasteiger partial charge is 0.253 e. The molecule has 0 bridgehead atoms. The van der Waals surface area contributed by atoms with E-state index >= 15 is 4.39 Å². The summed E-state index contributed by atoms with van der Waals surface area (Å²) in [6.45, 7) is 7.58. The average Bonchev–Trinajstić information content (AvgIpc) is 2.92. The van der Waals surface area contributed by atoms with Crippen LogP contribution in [0.15, 0.2) is 66.9 Å². The molecule has 0 radical (unpaired) electrons. The summed E-state index contributed by atoms with van der Waals surface area (Å²) in [5.41, 5.74) is 8.45. The summed E-state index contributed by atoms with van der Waals surface area (Å²) < 4.78 is 15.2. The Labute approximate surface area is 217 Å². The Hall–Kier alpha value is -3.78. The van der Waals surface area contributed by atoms with Crippen molar-refractivity contribution in [3.05, 3.63) is 89.5 Å². The van der Waals surface area contributed by atoms with E-state index in [0.717, 1.165) is 43.9 Å². The molecule has 1 aliphatic rings. The quantitative estimate of drug-likeness (QED) is 0.461. The van der Waals surface area contributed by atoms with Gasteiger partial charge in [0.2, 0.25) is 5.91 Å². The number of carbonyl (C=O) groups is 2. The van der Waals surface area contributed by atoms with E-state index in [2.05, 4.69) is 9.88 Å². The maximum Gasteiger partial charge on any atom is 0.253 e. The van der Waals surface area contributed by atoms with E-state index in [0.29, 0.717) is 24.3 Å².